The molecule has 2 bridgehead atoms. The Balaban J connectivity index is 1.45. The number of rotatable bonds is 4. The van der Waals surface area contributed by atoms with Crippen molar-refractivity contribution < 1.29 is 19.1 Å². The molecule has 1 aromatic heterocycles. The van der Waals surface area contributed by atoms with Gasteiger partial charge >= 0.3 is 6.09 Å². The van der Waals surface area contributed by atoms with Gasteiger partial charge in [-0.2, -0.15) is 5.26 Å². The minimum atomic E-state index is -0.378. The molecule has 0 N–H and O–H groups in total. The van der Waals surface area contributed by atoms with Crippen LogP contribution in [0.3, 0.4) is 0 Å². The van der Waals surface area contributed by atoms with Gasteiger partial charge < -0.3 is 9.47 Å². The molecule has 1 amide bonds. The Kier molecular flexibility index (Phi) is 5.54. The molecule has 2 saturated heterocycles. The summed E-state index contributed by atoms with van der Waals surface area (Å²) in [4.78, 5) is 31.5. The predicted octanol–water partition coefficient (Wildman–Crippen LogP) is 2.95. The van der Waals surface area contributed by atoms with Crippen LogP contribution in [0, 0.1) is 17.2 Å². The van der Waals surface area contributed by atoms with Gasteiger partial charge in [0.2, 0.25) is 0 Å². The zero-order valence-electron chi connectivity index (χ0n) is 15.9. The molecule has 2 aromatic rings. The van der Waals surface area contributed by atoms with Crippen LogP contribution < -0.4 is 0 Å². The molecule has 7 nitrogen and oxygen atoms in total. The highest BCUT2D eigenvalue weighted by Crippen LogP contribution is 2.34. The van der Waals surface area contributed by atoms with Gasteiger partial charge in [-0.15, -0.1) is 0 Å². The summed E-state index contributed by atoms with van der Waals surface area (Å²) in [5.74, 6) is -0.368. The number of hydrogen-bond donors (Lipinski definition) is 0. The van der Waals surface area contributed by atoms with Gasteiger partial charge in [0.25, 0.3) is 0 Å². The lowest BCUT2D eigenvalue weighted by Crippen LogP contribution is -2.60. The summed E-state index contributed by atoms with van der Waals surface area (Å²) >= 11 is 0. The van der Waals surface area contributed by atoms with Crippen molar-refractivity contribution in [2.45, 2.75) is 31.5 Å². The molecule has 2 aliphatic heterocycles. The van der Waals surface area contributed by atoms with Crippen molar-refractivity contribution in [2.75, 3.05) is 13.2 Å². The van der Waals surface area contributed by atoms with Crippen LogP contribution in [-0.2, 0) is 16.1 Å². The molecule has 2 unspecified atom stereocenters. The number of Topliss-reactive ketones (excluding diaryl/α,β-unsaturated/α-hetero) is 1. The number of morpholine rings is 1. The molecule has 4 rings (SSSR count). The first-order valence-electron chi connectivity index (χ1n) is 9.63. The Morgan fingerprint density at radius 2 is 1.86 bits per heavy atom. The molecule has 0 spiro atoms. The first kappa shape index (κ1) is 19.1. The van der Waals surface area contributed by atoms with Crippen LogP contribution in [0.4, 0.5) is 4.79 Å². The minimum absolute atomic E-state index is 0.0937. The van der Waals surface area contributed by atoms with Crippen LogP contribution in [0.25, 0.3) is 0 Å². The molecule has 0 saturated carbocycles. The number of fused-ring (bicyclic) bond motifs is 2. The highest BCUT2D eigenvalue weighted by atomic mass is 16.6. The summed E-state index contributed by atoms with van der Waals surface area (Å²) in [7, 11) is 0. The van der Waals surface area contributed by atoms with E-state index in [4.69, 9.17) is 9.47 Å². The Bertz CT molecular complexity index is 927. The first-order chi connectivity index (χ1) is 14.2. The largest absolute Gasteiger partial charge is 0.445 e. The number of carbonyl (C=O) groups excluding carboxylic acids is 2. The van der Waals surface area contributed by atoms with E-state index in [2.05, 4.69) is 4.98 Å². The van der Waals surface area contributed by atoms with Crippen LogP contribution in [0.1, 0.15) is 34.5 Å². The smallest absolute Gasteiger partial charge is 0.410 e. The lowest BCUT2D eigenvalue weighted by molar-refractivity contribution is -0.0755. The quantitative estimate of drug-likeness (QED) is 0.744. The minimum Gasteiger partial charge on any atom is -0.445 e. The lowest BCUT2D eigenvalue weighted by atomic mass is 9.80. The van der Waals surface area contributed by atoms with Crippen LogP contribution in [0.15, 0.2) is 48.7 Å². The number of hydrogen-bond acceptors (Lipinski definition) is 6. The Morgan fingerprint density at radius 3 is 2.55 bits per heavy atom. The molecule has 2 fully saturated rings. The Labute approximate surface area is 168 Å². The number of aromatic nitrogens is 1. The van der Waals surface area contributed by atoms with E-state index in [1.165, 1.54) is 6.20 Å². The van der Waals surface area contributed by atoms with Gasteiger partial charge in [-0.1, -0.05) is 30.3 Å². The number of pyridine rings is 1. The van der Waals surface area contributed by atoms with E-state index in [-0.39, 0.29) is 42.2 Å². The second-order valence-corrected chi connectivity index (χ2v) is 7.34. The van der Waals surface area contributed by atoms with Crippen LogP contribution in [0.5, 0.6) is 0 Å². The summed E-state index contributed by atoms with van der Waals surface area (Å²) in [6.45, 7) is 0.956. The summed E-state index contributed by atoms with van der Waals surface area (Å²) in [5.41, 5.74) is 1.41. The van der Waals surface area contributed by atoms with Crippen molar-refractivity contribution in [2.24, 2.45) is 5.92 Å². The second kappa shape index (κ2) is 8.41. The summed E-state index contributed by atoms with van der Waals surface area (Å²) in [5, 5.41) is 9.24. The fourth-order valence-corrected chi connectivity index (χ4v) is 4.13. The zero-order chi connectivity index (χ0) is 20.2. The molecule has 1 aromatic carbocycles. The molecule has 2 atom stereocenters. The van der Waals surface area contributed by atoms with Gasteiger partial charge in [-0.25, -0.2) is 9.78 Å². The van der Waals surface area contributed by atoms with Crippen LogP contribution in [-0.4, -0.2) is 47.1 Å². The maximum atomic E-state index is 13.0. The highest BCUT2D eigenvalue weighted by Gasteiger charge is 2.44. The monoisotopic (exact) mass is 391 g/mol. The molecule has 7 heteroatoms. The Hall–Kier alpha value is -3.24. The number of nitriles is 1. The van der Waals surface area contributed by atoms with E-state index in [1.807, 2.05) is 36.4 Å². The highest BCUT2D eigenvalue weighted by molar-refractivity contribution is 5.99. The van der Waals surface area contributed by atoms with Gasteiger partial charge in [0, 0.05) is 12.1 Å². The van der Waals surface area contributed by atoms with Crippen molar-refractivity contribution in [1.29, 1.82) is 5.26 Å². The number of nitrogens with zero attached hydrogens (tertiary/aromatic N) is 3. The fourth-order valence-electron chi connectivity index (χ4n) is 4.13. The van der Waals surface area contributed by atoms with Crippen molar-refractivity contribution in [1.82, 2.24) is 9.88 Å². The fraction of sp³-hybridized carbons (Fsp3) is 0.364. The molecule has 0 radical (unpaired) electrons. The molecule has 148 valence electrons. The van der Waals surface area contributed by atoms with Crippen molar-refractivity contribution in [3.8, 4) is 6.07 Å². The topological polar surface area (TPSA) is 92.5 Å². The van der Waals surface area contributed by atoms with E-state index < -0.39 is 0 Å². The van der Waals surface area contributed by atoms with Gasteiger partial charge in [-0.3, -0.25) is 9.69 Å². The maximum Gasteiger partial charge on any atom is 0.410 e. The van der Waals surface area contributed by atoms with E-state index in [1.54, 1.807) is 17.0 Å². The number of benzene rings is 1. The van der Waals surface area contributed by atoms with Crippen molar-refractivity contribution >= 4 is 11.9 Å². The third-order valence-electron chi connectivity index (χ3n) is 5.49. The average Bonchev–Trinajstić information content (AvgIpc) is 2.76. The van der Waals surface area contributed by atoms with Gasteiger partial charge in [0.1, 0.15) is 12.7 Å². The number of ether oxygens (including phenoxy) is 2. The van der Waals surface area contributed by atoms with Crippen LogP contribution >= 0.6 is 0 Å². The maximum absolute atomic E-state index is 13.0. The first-order valence-corrected chi connectivity index (χ1v) is 9.63. The van der Waals surface area contributed by atoms with E-state index in [0.29, 0.717) is 31.6 Å². The molecule has 2 aliphatic rings. The summed E-state index contributed by atoms with van der Waals surface area (Å²) in [6.07, 6.45) is 2.09. The van der Waals surface area contributed by atoms with Gasteiger partial charge in [0.05, 0.1) is 30.9 Å². The molecule has 0 aliphatic carbocycles. The normalized spacial score (nSPS) is 23.1. The van der Waals surface area contributed by atoms with E-state index in [0.717, 1.165) is 5.56 Å². The summed E-state index contributed by atoms with van der Waals surface area (Å²) < 4.78 is 11.1. The Morgan fingerprint density at radius 1 is 1.14 bits per heavy atom. The van der Waals surface area contributed by atoms with E-state index in [9.17, 15) is 14.9 Å². The molecular formula is C22H21N3O4. The number of piperidine rings is 1. The van der Waals surface area contributed by atoms with Crippen molar-refractivity contribution in [3.05, 3.63) is 65.5 Å². The molecule has 29 heavy (non-hydrogen) atoms. The third kappa shape index (κ3) is 3.98. The second-order valence-electron chi connectivity index (χ2n) is 7.34. The van der Waals surface area contributed by atoms with Gasteiger partial charge in [-0.05, 0) is 30.5 Å². The van der Waals surface area contributed by atoms with Gasteiger partial charge in [0.15, 0.2) is 11.5 Å². The standard InChI is InChI=1S/C22H21N3O4/c23-11-20-19(7-4-8-24-20)21(26)16-9-17-13-28-14-18(10-16)25(17)22(27)29-12-15-5-2-1-3-6-15/h1-8,16-18H,9-10,12-14H2. The number of amides is 1. The molecular weight excluding hydrogens is 370 g/mol. The SMILES string of the molecule is N#Cc1ncccc1C(=O)C1CC2COCC(C1)N2C(=O)OCc1ccccc1. The van der Waals surface area contributed by atoms with E-state index >= 15 is 0 Å². The lowest BCUT2D eigenvalue weighted by Gasteiger charge is -2.47. The zero-order valence-corrected chi connectivity index (χ0v) is 15.9. The molecule has 3 heterocycles. The summed E-state index contributed by atoms with van der Waals surface area (Å²) in [6, 6.07) is 14.4. The van der Waals surface area contributed by atoms with Crippen LogP contribution in [0.2, 0.25) is 0 Å². The third-order valence-corrected chi connectivity index (χ3v) is 5.49. The number of ketones is 1. The van der Waals surface area contributed by atoms with Crippen molar-refractivity contribution in [3.63, 3.8) is 0 Å². The predicted molar refractivity (Wildman–Crippen MR) is 103 cm³/mol. The average molecular weight is 391 g/mol. The number of carbonyl (C=O) groups is 2.